The molecule has 2 aliphatic carbocycles. The van der Waals surface area contributed by atoms with E-state index in [2.05, 4.69) is 17.2 Å². The minimum absolute atomic E-state index is 0.0291. The van der Waals surface area contributed by atoms with E-state index < -0.39 is 12.1 Å². The molecule has 0 aromatic rings. The minimum atomic E-state index is -0.893. The van der Waals surface area contributed by atoms with E-state index in [9.17, 15) is 9.59 Å². The second-order valence-electron chi connectivity index (χ2n) is 5.70. The number of amides is 1. The van der Waals surface area contributed by atoms with Gasteiger partial charge in [-0.1, -0.05) is 0 Å². The molecule has 2 N–H and O–H groups in total. The van der Waals surface area contributed by atoms with Gasteiger partial charge in [0.2, 0.25) is 0 Å². The number of nitrogens with one attached hydrogen (secondary N) is 1. The van der Waals surface area contributed by atoms with Crippen LogP contribution < -0.4 is 5.32 Å². The molecule has 6 heteroatoms. The summed E-state index contributed by atoms with van der Waals surface area (Å²) < 4.78 is 10.3. The predicted octanol–water partition coefficient (Wildman–Crippen LogP) is 1.64. The van der Waals surface area contributed by atoms with Gasteiger partial charge in [0.05, 0.1) is 26.2 Å². The molecular formula is C16H23NO5. The summed E-state index contributed by atoms with van der Waals surface area (Å²) in [5.41, 5.74) is 0. The van der Waals surface area contributed by atoms with Gasteiger partial charge in [-0.3, -0.25) is 4.79 Å². The lowest BCUT2D eigenvalue weighted by Crippen LogP contribution is -2.28. The highest BCUT2D eigenvalue weighted by Crippen LogP contribution is 2.52. The van der Waals surface area contributed by atoms with Gasteiger partial charge in [0.1, 0.15) is 0 Å². The molecule has 0 saturated heterocycles. The molecular weight excluding hydrogens is 286 g/mol. The Morgan fingerprint density at radius 1 is 1.14 bits per heavy atom. The molecule has 0 radical (unpaired) electrons. The molecule has 122 valence electrons. The summed E-state index contributed by atoms with van der Waals surface area (Å²) >= 11 is 0. The number of hydrogen-bond donors (Lipinski definition) is 2. The van der Waals surface area contributed by atoms with E-state index in [1.165, 1.54) is 0 Å². The van der Waals surface area contributed by atoms with Gasteiger partial charge < -0.3 is 19.9 Å². The maximum absolute atomic E-state index is 11.5. The highest BCUT2D eigenvalue weighted by Gasteiger charge is 2.49. The van der Waals surface area contributed by atoms with E-state index in [0.29, 0.717) is 30.9 Å². The van der Waals surface area contributed by atoms with Gasteiger partial charge in [-0.05, 0) is 30.6 Å². The summed E-state index contributed by atoms with van der Waals surface area (Å²) in [7, 11) is 0. The molecule has 6 nitrogen and oxygen atoms in total. The van der Waals surface area contributed by atoms with Crippen LogP contribution >= 0.6 is 0 Å². The molecule has 1 fully saturated rings. The lowest BCUT2D eigenvalue weighted by atomic mass is 10.1. The van der Waals surface area contributed by atoms with Crippen molar-refractivity contribution < 1.29 is 24.2 Å². The Kier molecular flexibility index (Phi) is 6.53. The molecule has 2 rings (SSSR count). The lowest BCUT2D eigenvalue weighted by molar-refractivity contribution is -0.138. The van der Waals surface area contributed by atoms with Crippen LogP contribution in [0.15, 0.2) is 0 Å². The van der Waals surface area contributed by atoms with Gasteiger partial charge in [0, 0.05) is 19.4 Å². The van der Waals surface area contributed by atoms with Crippen molar-refractivity contribution in [1.82, 2.24) is 5.32 Å². The van der Waals surface area contributed by atoms with Crippen molar-refractivity contribution in [3.63, 3.8) is 0 Å². The number of carboxylic acid groups (broad SMARTS) is 1. The fourth-order valence-corrected chi connectivity index (χ4v) is 2.99. The standard InChI is InChI=1S/C16H23NO5/c18-15(19)7-9-21-10-8-17-16(20)22-11-14-12-5-3-1-2-4-6-13(12)14/h12-14H,3-11H2,(H,17,20)(H,18,19). The number of aliphatic carboxylic acids is 1. The Hall–Kier alpha value is -1.74. The third-order valence-electron chi connectivity index (χ3n) is 4.22. The second kappa shape index (κ2) is 8.64. The molecule has 1 saturated carbocycles. The topological polar surface area (TPSA) is 84.9 Å². The van der Waals surface area contributed by atoms with Crippen molar-refractivity contribution in [2.75, 3.05) is 26.4 Å². The first-order valence-corrected chi connectivity index (χ1v) is 7.84. The average Bonchev–Trinajstić information content (AvgIpc) is 3.10. The van der Waals surface area contributed by atoms with Gasteiger partial charge >= 0.3 is 12.1 Å². The van der Waals surface area contributed by atoms with Gasteiger partial charge in [-0.25, -0.2) is 4.79 Å². The summed E-state index contributed by atoms with van der Waals surface area (Å²) in [5, 5.41) is 11.0. The zero-order valence-electron chi connectivity index (χ0n) is 12.7. The van der Waals surface area contributed by atoms with Crippen LogP contribution in [0.1, 0.15) is 32.1 Å². The fraction of sp³-hybridized carbons (Fsp3) is 0.750. The zero-order chi connectivity index (χ0) is 15.8. The molecule has 22 heavy (non-hydrogen) atoms. The van der Waals surface area contributed by atoms with Gasteiger partial charge in [-0.15, -0.1) is 11.8 Å². The third kappa shape index (κ3) is 5.57. The quantitative estimate of drug-likeness (QED) is 0.526. The number of ether oxygens (including phenoxy) is 2. The number of hydrogen-bond acceptors (Lipinski definition) is 4. The number of alkyl carbamates (subject to hydrolysis) is 1. The highest BCUT2D eigenvalue weighted by molar-refractivity contribution is 5.67. The molecule has 2 aliphatic rings. The average molecular weight is 309 g/mol. The molecule has 0 aromatic carbocycles. The molecule has 0 spiro atoms. The summed E-state index contributed by atoms with van der Waals surface area (Å²) in [6.07, 6.45) is 3.68. The number of rotatable bonds is 8. The van der Waals surface area contributed by atoms with Crippen molar-refractivity contribution in [3.05, 3.63) is 0 Å². The molecule has 2 atom stereocenters. The summed E-state index contributed by atoms with van der Waals surface area (Å²) in [6, 6.07) is 0. The highest BCUT2D eigenvalue weighted by atomic mass is 16.5. The van der Waals surface area contributed by atoms with Gasteiger partial charge in [0.25, 0.3) is 0 Å². The lowest BCUT2D eigenvalue weighted by Gasteiger charge is -2.07. The van der Waals surface area contributed by atoms with Crippen LogP contribution in [0.2, 0.25) is 0 Å². The Morgan fingerprint density at radius 3 is 2.45 bits per heavy atom. The number of carbonyl (C=O) groups is 2. The number of carbonyl (C=O) groups excluding carboxylic acids is 1. The van der Waals surface area contributed by atoms with Crippen LogP contribution in [-0.4, -0.2) is 43.5 Å². The Bertz CT molecular complexity index is 435. The number of carboxylic acids is 1. The smallest absolute Gasteiger partial charge is 0.407 e. The minimum Gasteiger partial charge on any atom is -0.481 e. The van der Waals surface area contributed by atoms with Crippen molar-refractivity contribution in [3.8, 4) is 11.8 Å². The SMILES string of the molecule is O=C(O)CCOCCNC(=O)OCC1C2CCC#CCCC21. The van der Waals surface area contributed by atoms with Gasteiger partial charge in [0.15, 0.2) is 0 Å². The van der Waals surface area contributed by atoms with E-state index in [1.54, 1.807) is 0 Å². The summed E-state index contributed by atoms with van der Waals surface area (Å²) in [4.78, 5) is 21.8. The molecule has 2 unspecified atom stereocenters. The van der Waals surface area contributed by atoms with Crippen LogP contribution in [-0.2, 0) is 14.3 Å². The van der Waals surface area contributed by atoms with Crippen LogP contribution in [0.5, 0.6) is 0 Å². The maximum Gasteiger partial charge on any atom is 0.407 e. The van der Waals surface area contributed by atoms with E-state index >= 15 is 0 Å². The zero-order valence-corrected chi connectivity index (χ0v) is 12.7. The largest absolute Gasteiger partial charge is 0.481 e. The fourth-order valence-electron chi connectivity index (χ4n) is 2.99. The molecule has 0 heterocycles. The van der Waals surface area contributed by atoms with Crippen molar-refractivity contribution in [2.24, 2.45) is 17.8 Å². The maximum atomic E-state index is 11.5. The first-order valence-electron chi connectivity index (χ1n) is 7.84. The van der Waals surface area contributed by atoms with Crippen molar-refractivity contribution >= 4 is 12.1 Å². The van der Waals surface area contributed by atoms with Crippen molar-refractivity contribution in [1.29, 1.82) is 0 Å². The normalized spacial score (nSPS) is 25.7. The summed E-state index contributed by atoms with van der Waals surface area (Å²) in [6.45, 7) is 1.23. The van der Waals surface area contributed by atoms with E-state index in [1.807, 2.05) is 0 Å². The van der Waals surface area contributed by atoms with E-state index in [0.717, 1.165) is 25.7 Å². The van der Waals surface area contributed by atoms with Crippen LogP contribution in [0.25, 0.3) is 0 Å². The van der Waals surface area contributed by atoms with Crippen LogP contribution in [0.3, 0.4) is 0 Å². The molecule has 0 aliphatic heterocycles. The van der Waals surface area contributed by atoms with Crippen molar-refractivity contribution in [2.45, 2.75) is 32.1 Å². The first-order chi connectivity index (χ1) is 10.7. The van der Waals surface area contributed by atoms with E-state index in [-0.39, 0.29) is 19.6 Å². The monoisotopic (exact) mass is 309 g/mol. The predicted molar refractivity (Wildman–Crippen MR) is 79.1 cm³/mol. The second-order valence-corrected chi connectivity index (χ2v) is 5.70. The first kappa shape index (κ1) is 16.6. The molecule has 1 amide bonds. The van der Waals surface area contributed by atoms with Crippen LogP contribution in [0, 0.1) is 29.6 Å². The Balaban J connectivity index is 1.49. The summed E-state index contributed by atoms with van der Waals surface area (Å²) in [5.74, 6) is 7.25. The van der Waals surface area contributed by atoms with E-state index in [4.69, 9.17) is 14.6 Å². The van der Waals surface area contributed by atoms with Gasteiger partial charge in [-0.2, -0.15) is 0 Å². The Labute approximate surface area is 130 Å². The number of fused-ring (bicyclic) bond motifs is 1. The van der Waals surface area contributed by atoms with Crippen LogP contribution in [0.4, 0.5) is 4.79 Å². The Morgan fingerprint density at radius 2 is 1.82 bits per heavy atom. The molecule has 0 aromatic heterocycles. The molecule has 0 bridgehead atoms. The third-order valence-corrected chi connectivity index (χ3v) is 4.22.